The molecule has 0 fully saturated rings. The predicted molar refractivity (Wildman–Crippen MR) is 53.7 cm³/mol. The minimum absolute atomic E-state index is 0.0194. The normalized spacial score (nSPS) is 17.5. The van der Waals surface area contributed by atoms with Gasteiger partial charge in [-0.25, -0.2) is 0 Å². The number of aliphatic hydroxyl groups is 1. The second-order valence-electron chi connectivity index (χ2n) is 3.04. The fraction of sp³-hybridized carbons (Fsp3) is 0.300. The van der Waals surface area contributed by atoms with Gasteiger partial charge in [0.1, 0.15) is 6.07 Å². The van der Waals surface area contributed by atoms with Crippen LogP contribution in [0.4, 0.5) is 0 Å². The molecule has 0 bridgehead atoms. The van der Waals surface area contributed by atoms with E-state index in [0.29, 0.717) is 23.4 Å². The summed E-state index contributed by atoms with van der Waals surface area (Å²) in [6, 6.07) is 2.03. The van der Waals surface area contributed by atoms with E-state index in [2.05, 4.69) is 6.58 Å². The van der Waals surface area contributed by atoms with Crippen LogP contribution in [0.5, 0.6) is 0 Å². The molecule has 4 heteroatoms. The third-order valence-corrected chi connectivity index (χ3v) is 2.32. The Hall–Kier alpha value is -1.89. The lowest BCUT2D eigenvalue weighted by Crippen LogP contribution is -2.30. The summed E-state index contributed by atoms with van der Waals surface area (Å²) in [7, 11) is 0. The first-order chi connectivity index (χ1) is 6.54. The summed E-state index contributed by atoms with van der Waals surface area (Å²) in [6.45, 7) is 7.83. The minimum Gasteiger partial charge on any atom is -0.493 e. The molecule has 0 unspecified atom stereocenters. The molecule has 1 aliphatic rings. The molecule has 0 amide bonds. The van der Waals surface area contributed by atoms with Crippen molar-refractivity contribution in [3.63, 3.8) is 0 Å². The average molecular weight is 191 g/mol. The van der Waals surface area contributed by atoms with Gasteiger partial charge in [0.2, 0.25) is 5.88 Å². The lowest BCUT2D eigenvalue weighted by atomic mass is 10.0. The van der Waals surface area contributed by atoms with Crippen LogP contribution in [0, 0.1) is 11.3 Å². The molecule has 74 valence electrons. The van der Waals surface area contributed by atoms with E-state index in [1.807, 2.05) is 13.0 Å². The molecule has 0 aromatic rings. The molecule has 0 saturated heterocycles. The largest absolute Gasteiger partial charge is 0.493 e. The molecule has 4 nitrogen and oxygen atoms in total. The van der Waals surface area contributed by atoms with Crippen molar-refractivity contribution in [1.82, 2.24) is 4.90 Å². The van der Waals surface area contributed by atoms with Crippen molar-refractivity contribution >= 4 is 0 Å². The fourth-order valence-corrected chi connectivity index (χ4v) is 1.42. The van der Waals surface area contributed by atoms with Gasteiger partial charge in [0, 0.05) is 6.54 Å². The van der Waals surface area contributed by atoms with E-state index in [0.717, 1.165) is 0 Å². The molecule has 3 N–H and O–H groups in total. The molecule has 14 heavy (non-hydrogen) atoms. The quantitative estimate of drug-likeness (QED) is 0.656. The van der Waals surface area contributed by atoms with E-state index in [1.54, 1.807) is 6.92 Å². The molecule has 0 aromatic carbocycles. The number of aliphatic hydroxyl groups excluding tert-OH is 1. The van der Waals surface area contributed by atoms with E-state index < -0.39 is 0 Å². The van der Waals surface area contributed by atoms with Crippen LogP contribution in [0.1, 0.15) is 13.8 Å². The van der Waals surface area contributed by atoms with E-state index in [9.17, 15) is 5.11 Å². The fourth-order valence-electron chi connectivity index (χ4n) is 1.42. The van der Waals surface area contributed by atoms with E-state index >= 15 is 0 Å². The Labute approximate surface area is 83.2 Å². The standard InChI is InChI=1S/C10H13N3O/c1-4-13-7(3)8(5-11)6(2)9(12)10(13)14/h14H,3-4,12H2,1-2H3. The second kappa shape index (κ2) is 3.46. The van der Waals surface area contributed by atoms with Gasteiger partial charge >= 0.3 is 0 Å². The number of allylic oxidation sites excluding steroid dienone is 2. The van der Waals surface area contributed by atoms with Crippen molar-refractivity contribution in [2.24, 2.45) is 5.73 Å². The van der Waals surface area contributed by atoms with E-state index in [-0.39, 0.29) is 11.6 Å². The first kappa shape index (κ1) is 10.2. The van der Waals surface area contributed by atoms with Gasteiger partial charge in [-0.1, -0.05) is 6.58 Å². The summed E-state index contributed by atoms with van der Waals surface area (Å²) in [5.74, 6) is -0.0194. The first-order valence-corrected chi connectivity index (χ1v) is 4.31. The third kappa shape index (κ3) is 1.23. The van der Waals surface area contributed by atoms with Crippen LogP contribution in [0.2, 0.25) is 0 Å². The number of likely N-dealkylation sites (N-methyl/N-ethyl adjacent to an activating group) is 1. The van der Waals surface area contributed by atoms with Crippen LogP contribution in [-0.4, -0.2) is 16.6 Å². The van der Waals surface area contributed by atoms with Crippen LogP contribution in [0.3, 0.4) is 0 Å². The number of nitrogens with zero attached hydrogens (tertiary/aromatic N) is 2. The lowest BCUT2D eigenvalue weighted by molar-refractivity contribution is 0.241. The van der Waals surface area contributed by atoms with Gasteiger partial charge < -0.3 is 15.7 Å². The average Bonchev–Trinajstić information content (AvgIpc) is 2.16. The molecule has 0 aliphatic carbocycles. The molecule has 0 saturated carbocycles. The Morgan fingerprint density at radius 2 is 2.21 bits per heavy atom. The number of hydrogen-bond acceptors (Lipinski definition) is 4. The highest BCUT2D eigenvalue weighted by Crippen LogP contribution is 2.29. The number of nitriles is 1. The van der Waals surface area contributed by atoms with Gasteiger partial charge in [0.05, 0.1) is 17.0 Å². The summed E-state index contributed by atoms with van der Waals surface area (Å²) < 4.78 is 0. The molecule has 0 radical (unpaired) electrons. The van der Waals surface area contributed by atoms with Gasteiger partial charge in [0.25, 0.3) is 0 Å². The Morgan fingerprint density at radius 1 is 1.64 bits per heavy atom. The van der Waals surface area contributed by atoms with Crippen molar-refractivity contribution in [3.8, 4) is 6.07 Å². The molecule has 0 spiro atoms. The highest BCUT2D eigenvalue weighted by atomic mass is 16.3. The SMILES string of the molecule is C=C1C(C#N)=C(C)C(N)=C(O)N1CC. The number of hydrogen-bond donors (Lipinski definition) is 2. The maximum Gasteiger partial charge on any atom is 0.215 e. The lowest BCUT2D eigenvalue weighted by Gasteiger charge is -2.29. The zero-order valence-electron chi connectivity index (χ0n) is 8.33. The Kier molecular flexibility index (Phi) is 2.52. The number of rotatable bonds is 1. The van der Waals surface area contributed by atoms with Crippen LogP contribution in [-0.2, 0) is 0 Å². The Bertz CT molecular complexity index is 385. The predicted octanol–water partition coefficient (Wildman–Crippen LogP) is 1.36. The minimum atomic E-state index is -0.0194. The van der Waals surface area contributed by atoms with Crippen molar-refractivity contribution in [3.05, 3.63) is 35.0 Å². The van der Waals surface area contributed by atoms with Crippen LogP contribution in [0.15, 0.2) is 35.0 Å². The summed E-state index contributed by atoms with van der Waals surface area (Å²) in [5, 5.41) is 18.6. The topological polar surface area (TPSA) is 73.3 Å². The molecular weight excluding hydrogens is 178 g/mol. The highest BCUT2D eigenvalue weighted by molar-refractivity contribution is 5.53. The molecule has 1 rings (SSSR count). The summed E-state index contributed by atoms with van der Waals surface area (Å²) in [4.78, 5) is 1.51. The zero-order valence-corrected chi connectivity index (χ0v) is 8.33. The van der Waals surface area contributed by atoms with Gasteiger partial charge in [0.15, 0.2) is 0 Å². The van der Waals surface area contributed by atoms with Crippen molar-refractivity contribution in [2.45, 2.75) is 13.8 Å². The summed E-state index contributed by atoms with van der Waals surface area (Å²) in [5.41, 5.74) is 7.41. The van der Waals surface area contributed by atoms with E-state index in [1.165, 1.54) is 4.90 Å². The van der Waals surface area contributed by atoms with Crippen molar-refractivity contribution in [1.29, 1.82) is 5.26 Å². The molecule has 1 heterocycles. The highest BCUT2D eigenvalue weighted by Gasteiger charge is 2.25. The Balaban J connectivity index is 3.34. The zero-order chi connectivity index (χ0) is 10.9. The van der Waals surface area contributed by atoms with Gasteiger partial charge in [-0.2, -0.15) is 5.26 Å². The molecule has 0 atom stereocenters. The molecule has 1 aliphatic heterocycles. The smallest absolute Gasteiger partial charge is 0.215 e. The van der Waals surface area contributed by atoms with Gasteiger partial charge in [-0.15, -0.1) is 0 Å². The Morgan fingerprint density at radius 3 is 2.64 bits per heavy atom. The van der Waals surface area contributed by atoms with Crippen LogP contribution < -0.4 is 5.73 Å². The first-order valence-electron chi connectivity index (χ1n) is 4.31. The monoisotopic (exact) mass is 191 g/mol. The second-order valence-corrected chi connectivity index (χ2v) is 3.04. The molecule has 0 aromatic heterocycles. The number of nitrogens with two attached hydrogens (primary N) is 1. The van der Waals surface area contributed by atoms with Crippen molar-refractivity contribution in [2.75, 3.05) is 6.54 Å². The van der Waals surface area contributed by atoms with Crippen LogP contribution >= 0.6 is 0 Å². The maximum absolute atomic E-state index is 9.67. The van der Waals surface area contributed by atoms with Crippen molar-refractivity contribution < 1.29 is 5.11 Å². The van der Waals surface area contributed by atoms with E-state index in [4.69, 9.17) is 11.0 Å². The van der Waals surface area contributed by atoms with Crippen LogP contribution in [0.25, 0.3) is 0 Å². The third-order valence-electron chi connectivity index (χ3n) is 2.32. The van der Waals surface area contributed by atoms with Gasteiger partial charge in [-0.05, 0) is 19.4 Å². The maximum atomic E-state index is 9.67. The summed E-state index contributed by atoms with van der Waals surface area (Å²) >= 11 is 0. The summed E-state index contributed by atoms with van der Waals surface area (Å²) in [6.07, 6.45) is 0. The molecular formula is C10H13N3O. The van der Waals surface area contributed by atoms with Gasteiger partial charge in [-0.3, -0.25) is 0 Å².